The van der Waals surface area contributed by atoms with Gasteiger partial charge in [-0.05, 0) is 36.2 Å². The monoisotopic (exact) mass is 390 g/mol. The van der Waals surface area contributed by atoms with Gasteiger partial charge in [-0.1, -0.05) is 30.3 Å². The molecule has 0 heterocycles. The van der Waals surface area contributed by atoms with Crippen LogP contribution in [0, 0.1) is 0 Å². The fourth-order valence-corrected chi connectivity index (χ4v) is 3.41. The largest absolute Gasteiger partial charge is 0.481 e. The summed E-state index contributed by atoms with van der Waals surface area (Å²) in [6.45, 7) is 0. The third kappa shape index (κ3) is 5.38. The molecule has 0 bridgehead atoms. The van der Waals surface area contributed by atoms with Crippen molar-refractivity contribution in [1.29, 1.82) is 0 Å². The quantitative estimate of drug-likeness (QED) is 0.720. The second-order valence-electron chi connectivity index (χ2n) is 6.18. The lowest BCUT2D eigenvalue weighted by Gasteiger charge is -2.19. The topological polar surface area (TPSA) is 104 Å². The van der Waals surface area contributed by atoms with Crippen LogP contribution in [-0.4, -0.2) is 43.8 Å². The second kappa shape index (κ2) is 8.79. The fraction of sp³-hybridized carbons (Fsp3) is 0.263. The summed E-state index contributed by atoms with van der Waals surface area (Å²) in [4.78, 5) is 23.5. The van der Waals surface area contributed by atoms with Gasteiger partial charge in [0, 0.05) is 26.1 Å². The van der Waals surface area contributed by atoms with Crippen LogP contribution < -0.4 is 5.32 Å². The zero-order valence-electron chi connectivity index (χ0n) is 15.1. The molecule has 8 heteroatoms. The average molecular weight is 390 g/mol. The predicted octanol–water partition coefficient (Wildman–Crippen LogP) is 2.27. The van der Waals surface area contributed by atoms with Crippen molar-refractivity contribution in [2.45, 2.75) is 23.8 Å². The first-order valence-corrected chi connectivity index (χ1v) is 9.76. The van der Waals surface area contributed by atoms with Gasteiger partial charge in [-0.2, -0.15) is 0 Å². The number of nitrogens with zero attached hydrogens (tertiary/aromatic N) is 1. The van der Waals surface area contributed by atoms with Gasteiger partial charge in [0.25, 0.3) is 5.91 Å². The molecule has 0 aliphatic carbocycles. The van der Waals surface area contributed by atoms with Gasteiger partial charge >= 0.3 is 5.97 Å². The average Bonchev–Trinajstić information content (AvgIpc) is 2.65. The van der Waals surface area contributed by atoms with Crippen molar-refractivity contribution in [2.75, 3.05) is 14.1 Å². The van der Waals surface area contributed by atoms with Gasteiger partial charge in [0.1, 0.15) is 0 Å². The molecular formula is C19H22N2O5S. The van der Waals surface area contributed by atoms with Gasteiger partial charge in [-0.3, -0.25) is 9.59 Å². The smallest absolute Gasteiger partial charge is 0.303 e. The molecule has 0 aliphatic heterocycles. The molecule has 0 saturated carbocycles. The number of amides is 1. The molecule has 0 saturated heterocycles. The maximum absolute atomic E-state index is 12.5. The van der Waals surface area contributed by atoms with E-state index in [2.05, 4.69) is 5.32 Å². The first kappa shape index (κ1) is 20.6. The van der Waals surface area contributed by atoms with Crippen LogP contribution >= 0.6 is 0 Å². The standard InChI is InChI=1S/C19H22N2O5S/c1-21(2)27(25,26)16-10-8-15(9-11-16)19(24)20-17(12-13-18(22)23)14-6-4-3-5-7-14/h3-11,17H,12-13H2,1-2H3,(H,20,24)(H,22,23). The van der Waals surface area contributed by atoms with Crippen molar-refractivity contribution >= 4 is 21.9 Å². The summed E-state index contributed by atoms with van der Waals surface area (Å²) in [5.74, 6) is -1.34. The van der Waals surface area contributed by atoms with Gasteiger partial charge in [0.2, 0.25) is 10.0 Å². The molecule has 0 aliphatic rings. The highest BCUT2D eigenvalue weighted by molar-refractivity contribution is 7.89. The van der Waals surface area contributed by atoms with Crippen LogP contribution in [0.5, 0.6) is 0 Å². The number of nitrogens with one attached hydrogen (secondary N) is 1. The molecule has 7 nitrogen and oxygen atoms in total. The van der Waals surface area contributed by atoms with Gasteiger partial charge < -0.3 is 10.4 Å². The van der Waals surface area contributed by atoms with Crippen LogP contribution in [0.3, 0.4) is 0 Å². The van der Waals surface area contributed by atoms with Crippen LogP contribution in [0.15, 0.2) is 59.5 Å². The summed E-state index contributed by atoms with van der Waals surface area (Å²) >= 11 is 0. The van der Waals surface area contributed by atoms with Gasteiger partial charge in [-0.25, -0.2) is 12.7 Å². The summed E-state index contributed by atoms with van der Waals surface area (Å²) in [5.41, 5.74) is 1.10. The number of carboxylic acids is 1. The highest BCUT2D eigenvalue weighted by atomic mass is 32.2. The second-order valence-corrected chi connectivity index (χ2v) is 8.33. The summed E-state index contributed by atoms with van der Waals surface area (Å²) in [6.07, 6.45) is 0.165. The molecule has 1 unspecified atom stereocenters. The molecule has 2 aromatic carbocycles. The van der Waals surface area contributed by atoms with Crippen LogP contribution in [0.4, 0.5) is 0 Å². The number of benzene rings is 2. The molecule has 0 spiro atoms. The lowest BCUT2D eigenvalue weighted by Crippen LogP contribution is -2.29. The Kier molecular flexibility index (Phi) is 6.70. The molecule has 2 aromatic rings. The Hall–Kier alpha value is -2.71. The molecule has 144 valence electrons. The molecule has 0 fully saturated rings. The van der Waals surface area contributed by atoms with Crippen molar-refractivity contribution in [3.05, 3.63) is 65.7 Å². The minimum Gasteiger partial charge on any atom is -0.481 e. The third-order valence-electron chi connectivity index (χ3n) is 4.05. The van der Waals surface area contributed by atoms with E-state index < -0.39 is 27.9 Å². The Morgan fingerprint density at radius 3 is 2.15 bits per heavy atom. The maximum Gasteiger partial charge on any atom is 0.303 e. The number of carbonyl (C=O) groups excluding carboxylic acids is 1. The molecule has 0 aromatic heterocycles. The van der Waals surface area contributed by atoms with E-state index >= 15 is 0 Å². The molecule has 2 N–H and O–H groups in total. The van der Waals surface area contributed by atoms with Crippen molar-refractivity contribution in [3.63, 3.8) is 0 Å². The van der Waals surface area contributed by atoms with E-state index in [1.165, 1.54) is 38.4 Å². The molecule has 2 rings (SSSR count). The fourth-order valence-electron chi connectivity index (χ4n) is 2.51. The number of aliphatic carboxylic acids is 1. The number of sulfonamides is 1. The zero-order valence-corrected chi connectivity index (χ0v) is 15.9. The Labute approximate surface area is 158 Å². The van der Waals surface area contributed by atoms with E-state index in [1.54, 1.807) is 0 Å². The molecule has 1 amide bonds. The predicted molar refractivity (Wildman–Crippen MR) is 101 cm³/mol. The molecular weight excluding hydrogens is 368 g/mol. The van der Waals surface area contributed by atoms with Crippen molar-refractivity contribution in [1.82, 2.24) is 9.62 Å². The van der Waals surface area contributed by atoms with E-state index in [0.29, 0.717) is 5.56 Å². The van der Waals surface area contributed by atoms with E-state index in [0.717, 1.165) is 9.87 Å². The Morgan fingerprint density at radius 2 is 1.63 bits per heavy atom. The molecule has 1 atom stereocenters. The number of hydrogen-bond acceptors (Lipinski definition) is 4. The highest BCUT2D eigenvalue weighted by Crippen LogP contribution is 2.20. The molecule has 27 heavy (non-hydrogen) atoms. The lowest BCUT2D eigenvalue weighted by molar-refractivity contribution is -0.137. The van der Waals surface area contributed by atoms with Crippen LogP contribution in [0.1, 0.15) is 34.8 Å². The number of carbonyl (C=O) groups is 2. The highest BCUT2D eigenvalue weighted by Gasteiger charge is 2.19. The normalized spacial score (nSPS) is 12.6. The van der Waals surface area contributed by atoms with E-state index in [-0.39, 0.29) is 17.7 Å². The summed E-state index contributed by atoms with van der Waals surface area (Å²) in [6, 6.07) is 14.3. The Balaban J connectivity index is 2.18. The van der Waals surface area contributed by atoms with E-state index in [1.807, 2.05) is 30.3 Å². The van der Waals surface area contributed by atoms with Gasteiger partial charge in [-0.15, -0.1) is 0 Å². The van der Waals surface area contributed by atoms with Crippen LogP contribution in [-0.2, 0) is 14.8 Å². The number of rotatable bonds is 8. The SMILES string of the molecule is CN(C)S(=O)(=O)c1ccc(C(=O)NC(CCC(=O)O)c2ccccc2)cc1. The molecule has 0 radical (unpaired) electrons. The minimum atomic E-state index is -3.57. The van der Waals surface area contributed by atoms with Gasteiger partial charge in [0.05, 0.1) is 10.9 Å². The summed E-state index contributed by atoms with van der Waals surface area (Å²) in [7, 11) is -0.700. The zero-order chi connectivity index (χ0) is 20.0. The number of hydrogen-bond donors (Lipinski definition) is 2. The van der Waals surface area contributed by atoms with E-state index in [4.69, 9.17) is 5.11 Å². The number of carboxylic acid groups (broad SMARTS) is 1. The van der Waals surface area contributed by atoms with Crippen molar-refractivity contribution in [2.24, 2.45) is 0 Å². The third-order valence-corrected chi connectivity index (χ3v) is 5.88. The minimum absolute atomic E-state index is 0.0835. The maximum atomic E-state index is 12.5. The van der Waals surface area contributed by atoms with E-state index in [9.17, 15) is 18.0 Å². The summed E-state index contributed by atoms with van der Waals surface area (Å²) in [5, 5.41) is 11.8. The van der Waals surface area contributed by atoms with Crippen molar-refractivity contribution in [3.8, 4) is 0 Å². The van der Waals surface area contributed by atoms with Crippen LogP contribution in [0.25, 0.3) is 0 Å². The van der Waals surface area contributed by atoms with Crippen LogP contribution in [0.2, 0.25) is 0 Å². The first-order valence-electron chi connectivity index (χ1n) is 8.32. The Bertz CT molecular complexity index is 893. The first-order chi connectivity index (χ1) is 12.7. The Morgan fingerprint density at radius 1 is 1.04 bits per heavy atom. The summed E-state index contributed by atoms with van der Waals surface area (Å²) < 4.78 is 25.3. The van der Waals surface area contributed by atoms with Crippen molar-refractivity contribution < 1.29 is 23.1 Å². The lowest BCUT2D eigenvalue weighted by atomic mass is 10.0. The van der Waals surface area contributed by atoms with Gasteiger partial charge in [0.15, 0.2) is 0 Å².